The molecule has 2 saturated heterocycles. The molecule has 2 fully saturated rings. The molecule has 2 atom stereocenters. The van der Waals surface area contributed by atoms with Crippen LogP contribution < -0.4 is 5.32 Å². The van der Waals surface area contributed by atoms with E-state index in [1.54, 1.807) is 0 Å². The molecule has 22 heavy (non-hydrogen) atoms. The largest absolute Gasteiger partial charge is 0.337 e. The summed E-state index contributed by atoms with van der Waals surface area (Å²) in [5.74, 6) is 1.50. The molecule has 6 heteroatoms. The topological polar surface area (TPSA) is 61.0 Å². The molecular weight excluding hydrogens is 344 g/mol. The van der Waals surface area contributed by atoms with Crippen molar-refractivity contribution in [2.75, 3.05) is 26.2 Å². The highest BCUT2D eigenvalue weighted by atomic mass is 79.9. The first-order valence-corrected chi connectivity index (χ1v) is 8.65. The lowest BCUT2D eigenvalue weighted by Gasteiger charge is -2.19. The molecule has 0 saturated carbocycles. The summed E-state index contributed by atoms with van der Waals surface area (Å²) in [6.07, 6.45) is 2.19. The Balaban J connectivity index is 1.59. The van der Waals surface area contributed by atoms with Crippen molar-refractivity contribution < 1.29 is 4.79 Å². The van der Waals surface area contributed by atoms with E-state index in [2.05, 4.69) is 31.4 Å². The lowest BCUT2D eigenvalue weighted by atomic mass is 9.92. The number of fused-ring (bicyclic) bond motifs is 2. The molecule has 2 aliphatic heterocycles. The number of aromatic nitrogens is 2. The van der Waals surface area contributed by atoms with E-state index < -0.39 is 0 Å². The average Bonchev–Trinajstić information content (AvgIpc) is 3.08. The molecule has 0 unspecified atom stereocenters. The molecule has 0 radical (unpaired) electrons. The maximum Gasteiger partial charge on any atom is 0.274 e. The first-order chi connectivity index (χ1) is 10.7. The third kappa shape index (κ3) is 2.44. The number of hydrogen-bond acceptors (Lipinski definition) is 3. The van der Waals surface area contributed by atoms with Crippen LogP contribution in [0.4, 0.5) is 0 Å². The lowest BCUT2D eigenvalue weighted by Crippen LogP contribution is -2.33. The van der Waals surface area contributed by atoms with Gasteiger partial charge in [-0.3, -0.25) is 9.89 Å². The van der Waals surface area contributed by atoms with Gasteiger partial charge in [-0.15, -0.1) is 0 Å². The van der Waals surface area contributed by atoms with Gasteiger partial charge < -0.3 is 10.2 Å². The van der Waals surface area contributed by atoms with Crippen LogP contribution in [0, 0.1) is 11.8 Å². The molecule has 0 aliphatic carbocycles. The number of halogens is 1. The molecule has 0 spiro atoms. The van der Waals surface area contributed by atoms with Crippen LogP contribution in [-0.2, 0) is 0 Å². The molecule has 2 aliphatic rings. The highest BCUT2D eigenvalue weighted by Crippen LogP contribution is 2.28. The van der Waals surface area contributed by atoms with Crippen molar-refractivity contribution in [1.82, 2.24) is 20.4 Å². The van der Waals surface area contributed by atoms with Gasteiger partial charge in [0.2, 0.25) is 0 Å². The number of carbonyl (C=O) groups is 1. The summed E-state index contributed by atoms with van der Waals surface area (Å²) in [4.78, 5) is 14.9. The van der Waals surface area contributed by atoms with Gasteiger partial charge in [0.25, 0.3) is 5.91 Å². The minimum Gasteiger partial charge on any atom is -0.337 e. The molecule has 116 valence electrons. The Kier molecular flexibility index (Phi) is 3.66. The zero-order valence-corrected chi connectivity index (χ0v) is 13.9. The van der Waals surface area contributed by atoms with E-state index in [0.717, 1.165) is 66.2 Å². The van der Waals surface area contributed by atoms with Crippen LogP contribution >= 0.6 is 15.9 Å². The van der Waals surface area contributed by atoms with Crippen LogP contribution in [0.1, 0.15) is 23.3 Å². The summed E-state index contributed by atoms with van der Waals surface area (Å²) in [7, 11) is 0. The van der Waals surface area contributed by atoms with Gasteiger partial charge in [-0.25, -0.2) is 0 Å². The number of aromatic amines is 1. The zero-order chi connectivity index (χ0) is 15.1. The SMILES string of the molecule is O=C(c1n[nH]c2ccc(Br)cc12)N1CC[C@@H]2CNC[C@@H]2CC1. The van der Waals surface area contributed by atoms with Crippen LogP contribution in [0.25, 0.3) is 10.9 Å². The van der Waals surface area contributed by atoms with Crippen molar-refractivity contribution in [1.29, 1.82) is 0 Å². The number of likely N-dealkylation sites (tertiary alicyclic amines) is 1. The Morgan fingerprint density at radius 2 is 1.95 bits per heavy atom. The minimum atomic E-state index is 0.0530. The molecule has 4 rings (SSSR count). The van der Waals surface area contributed by atoms with Gasteiger partial charge in [-0.05, 0) is 56.0 Å². The van der Waals surface area contributed by atoms with Crippen LogP contribution in [0.2, 0.25) is 0 Å². The molecule has 1 amide bonds. The smallest absolute Gasteiger partial charge is 0.274 e. The summed E-state index contributed by atoms with van der Waals surface area (Å²) in [5, 5.41) is 11.6. The van der Waals surface area contributed by atoms with Gasteiger partial charge in [0, 0.05) is 22.9 Å². The van der Waals surface area contributed by atoms with Gasteiger partial charge in [0.05, 0.1) is 5.52 Å². The number of nitrogens with zero attached hydrogens (tertiary/aromatic N) is 2. The highest BCUT2D eigenvalue weighted by molar-refractivity contribution is 9.10. The lowest BCUT2D eigenvalue weighted by molar-refractivity contribution is 0.0754. The third-order valence-corrected chi connectivity index (χ3v) is 5.53. The Hall–Kier alpha value is -1.40. The second-order valence-corrected chi connectivity index (χ2v) is 7.23. The van der Waals surface area contributed by atoms with Crippen molar-refractivity contribution in [3.05, 3.63) is 28.4 Å². The van der Waals surface area contributed by atoms with Crippen molar-refractivity contribution in [2.45, 2.75) is 12.8 Å². The number of rotatable bonds is 1. The Morgan fingerprint density at radius 3 is 2.68 bits per heavy atom. The van der Waals surface area contributed by atoms with Gasteiger partial charge in [-0.1, -0.05) is 15.9 Å². The van der Waals surface area contributed by atoms with Crippen molar-refractivity contribution in [3.8, 4) is 0 Å². The Labute approximate surface area is 137 Å². The summed E-state index contributed by atoms with van der Waals surface area (Å²) in [5.41, 5.74) is 1.45. The normalized spacial score (nSPS) is 25.2. The molecule has 5 nitrogen and oxygen atoms in total. The average molecular weight is 363 g/mol. The van der Waals surface area contributed by atoms with Gasteiger partial charge in [0.15, 0.2) is 5.69 Å². The molecule has 3 heterocycles. The highest BCUT2D eigenvalue weighted by Gasteiger charge is 2.32. The minimum absolute atomic E-state index is 0.0530. The summed E-state index contributed by atoms with van der Waals surface area (Å²) < 4.78 is 0.965. The fourth-order valence-corrected chi connectivity index (χ4v) is 4.08. The van der Waals surface area contributed by atoms with Gasteiger partial charge >= 0.3 is 0 Å². The number of H-pyrrole nitrogens is 1. The molecule has 1 aromatic carbocycles. The van der Waals surface area contributed by atoms with Gasteiger partial charge in [0.1, 0.15) is 0 Å². The second-order valence-electron chi connectivity index (χ2n) is 6.31. The van der Waals surface area contributed by atoms with Gasteiger partial charge in [-0.2, -0.15) is 5.10 Å². The van der Waals surface area contributed by atoms with E-state index in [1.165, 1.54) is 0 Å². The third-order valence-electron chi connectivity index (χ3n) is 5.03. The number of hydrogen-bond donors (Lipinski definition) is 2. The van der Waals surface area contributed by atoms with E-state index in [9.17, 15) is 4.79 Å². The predicted molar refractivity (Wildman–Crippen MR) is 88.8 cm³/mol. The first kappa shape index (κ1) is 14.2. The van der Waals surface area contributed by atoms with E-state index in [1.807, 2.05) is 23.1 Å². The maximum absolute atomic E-state index is 12.9. The van der Waals surface area contributed by atoms with Crippen molar-refractivity contribution in [2.24, 2.45) is 11.8 Å². The zero-order valence-electron chi connectivity index (χ0n) is 12.3. The number of carbonyl (C=O) groups excluding carboxylic acids is 1. The fraction of sp³-hybridized carbons (Fsp3) is 0.500. The Morgan fingerprint density at radius 1 is 1.23 bits per heavy atom. The second kappa shape index (κ2) is 5.66. The quantitative estimate of drug-likeness (QED) is 0.818. The van der Waals surface area contributed by atoms with Crippen LogP contribution in [0.3, 0.4) is 0 Å². The molecule has 1 aromatic heterocycles. The van der Waals surface area contributed by atoms with E-state index >= 15 is 0 Å². The van der Waals surface area contributed by atoms with Crippen molar-refractivity contribution in [3.63, 3.8) is 0 Å². The van der Waals surface area contributed by atoms with Crippen LogP contribution in [-0.4, -0.2) is 47.2 Å². The van der Waals surface area contributed by atoms with Crippen LogP contribution in [0.5, 0.6) is 0 Å². The first-order valence-electron chi connectivity index (χ1n) is 7.86. The molecule has 0 bridgehead atoms. The van der Waals surface area contributed by atoms with E-state index in [-0.39, 0.29) is 5.91 Å². The number of benzene rings is 1. The molecular formula is C16H19BrN4O. The molecule has 2 aromatic rings. The predicted octanol–water partition coefficient (Wildman–Crippen LogP) is 2.40. The number of nitrogens with one attached hydrogen (secondary N) is 2. The summed E-state index contributed by atoms with van der Waals surface area (Å²) >= 11 is 3.47. The fourth-order valence-electron chi connectivity index (χ4n) is 3.72. The standard InChI is InChI=1S/C16H19BrN4O/c17-12-1-2-14-13(7-12)15(20-19-14)16(22)21-5-3-10-8-18-9-11(10)4-6-21/h1-2,7,10-11,18H,3-6,8-9H2,(H,19,20)/t10-,11+. The van der Waals surface area contributed by atoms with Crippen LogP contribution in [0.15, 0.2) is 22.7 Å². The summed E-state index contributed by atoms with van der Waals surface area (Å²) in [6, 6.07) is 5.86. The Bertz CT molecular complexity index is 699. The summed E-state index contributed by atoms with van der Waals surface area (Å²) in [6.45, 7) is 3.88. The maximum atomic E-state index is 12.9. The number of amides is 1. The van der Waals surface area contributed by atoms with Crippen molar-refractivity contribution >= 4 is 32.7 Å². The van der Waals surface area contributed by atoms with E-state index in [4.69, 9.17) is 0 Å². The monoisotopic (exact) mass is 362 g/mol. The van der Waals surface area contributed by atoms with E-state index in [0.29, 0.717) is 5.69 Å². The molecule has 2 N–H and O–H groups in total.